The van der Waals surface area contributed by atoms with E-state index >= 15 is 0 Å². The summed E-state index contributed by atoms with van der Waals surface area (Å²) in [7, 11) is 0. The van der Waals surface area contributed by atoms with Gasteiger partial charge in [-0.15, -0.1) is 0 Å². The van der Waals surface area contributed by atoms with Gasteiger partial charge in [-0.25, -0.2) is 0 Å². The SMILES string of the molecule is CCOC(=O)C(CCOCCOC(C)C)NC1CC1. The van der Waals surface area contributed by atoms with E-state index in [0.29, 0.717) is 38.9 Å². The van der Waals surface area contributed by atoms with E-state index in [1.165, 1.54) is 0 Å². The van der Waals surface area contributed by atoms with Crippen LogP contribution in [0.5, 0.6) is 0 Å². The van der Waals surface area contributed by atoms with Crippen LogP contribution in [-0.2, 0) is 19.0 Å². The molecular weight excluding hydrogens is 246 g/mol. The number of esters is 1. The maximum atomic E-state index is 11.8. The fraction of sp³-hybridized carbons (Fsp3) is 0.929. The fourth-order valence-corrected chi connectivity index (χ4v) is 1.69. The third-order valence-corrected chi connectivity index (χ3v) is 2.82. The molecule has 1 N–H and O–H groups in total. The van der Waals surface area contributed by atoms with Crippen LogP contribution in [0, 0.1) is 0 Å². The Hall–Kier alpha value is -0.650. The number of hydrogen-bond donors (Lipinski definition) is 1. The van der Waals surface area contributed by atoms with Crippen molar-refractivity contribution >= 4 is 5.97 Å². The summed E-state index contributed by atoms with van der Waals surface area (Å²) in [5.41, 5.74) is 0. The normalized spacial score (nSPS) is 16.6. The van der Waals surface area contributed by atoms with Gasteiger partial charge in [-0.3, -0.25) is 4.79 Å². The Bertz CT molecular complexity index is 254. The van der Waals surface area contributed by atoms with Crippen LogP contribution in [-0.4, -0.2) is 50.6 Å². The van der Waals surface area contributed by atoms with E-state index in [1.807, 2.05) is 20.8 Å². The van der Waals surface area contributed by atoms with Crippen LogP contribution >= 0.6 is 0 Å². The lowest BCUT2D eigenvalue weighted by Crippen LogP contribution is -2.40. The van der Waals surface area contributed by atoms with Gasteiger partial charge in [0.05, 0.1) is 25.9 Å². The average molecular weight is 273 g/mol. The summed E-state index contributed by atoms with van der Waals surface area (Å²) in [6, 6.07) is 0.247. The number of ether oxygens (including phenoxy) is 3. The molecule has 0 aromatic carbocycles. The summed E-state index contributed by atoms with van der Waals surface area (Å²) >= 11 is 0. The standard InChI is InChI=1S/C14H27NO4/c1-4-18-14(16)13(15-12-5-6-12)7-8-17-9-10-19-11(2)3/h11-13,15H,4-10H2,1-3H3. The van der Waals surface area contributed by atoms with Gasteiger partial charge in [0.1, 0.15) is 6.04 Å². The Morgan fingerprint density at radius 2 is 2.00 bits per heavy atom. The first-order valence-electron chi connectivity index (χ1n) is 7.25. The summed E-state index contributed by atoms with van der Waals surface area (Å²) in [6.07, 6.45) is 3.18. The van der Waals surface area contributed by atoms with Gasteiger partial charge >= 0.3 is 5.97 Å². The van der Waals surface area contributed by atoms with E-state index in [0.717, 1.165) is 12.8 Å². The van der Waals surface area contributed by atoms with Crippen LogP contribution in [0.3, 0.4) is 0 Å². The molecule has 0 spiro atoms. The van der Waals surface area contributed by atoms with Gasteiger partial charge in [0.2, 0.25) is 0 Å². The predicted molar refractivity (Wildman–Crippen MR) is 73.1 cm³/mol. The second-order valence-corrected chi connectivity index (χ2v) is 5.07. The quantitative estimate of drug-likeness (QED) is 0.457. The van der Waals surface area contributed by atoms with Crippen LogP contribution in [0.1, 0.15) is 40.0 Å². The molecular formula is C14H27NO4. The molecule has 0 bridgehead atoms. The fourth-order valence-electron chi connectivity index (χ4n) is 1.69. The minimum atomic E-state index is -0.238. The Morgan fingerprint density at radius 1 is 1.26 bits per heavy atom. The van der Waals surface area contributed by atoms with Gasteiger partial charge in [0.25, 0.3) is 0 Å². The van der Waals surface area contributed by atoms with Crippen molar-refractivity contribution in [3.63, 3.8) is 0 Å². The van der Waals surface area contributed by atoms with E-state index in [9.17, 15) is 4.79 Å². The zero-order valence-electron chi connectivity index (χ0n) is 12.3. The van der Waals surface area contributed by atoms with E-state index in [1.54, 1.807) is 0 Å². The van der Waals surface area contributed by atoms with Crippen molar-refractivity contribution in [2.24, 2.45) is 0 Å². The highest BCUT2D eigenvalue weighted by Gasteiger charge is 2.28. The molecule has 5 heteroatoms. The second kappa shape index (κ2) is 9.28. The number of hydrogen-bond acceptors (Lipinski definition) is 5. The van der Waals surface area contributed by atoms with E-state index in [4.69, 9.17) is 14.2 Å². The molecule has 19 heavy (non-hydrogen) atoms. The molecule has 1 rings (SSSR count). The molecule has 1 aliphatic rings. The first-order chi connectivity index (χ1) is 9.13. The first kappa shape index (κ1) is 16.4. The van der Waals surface area contributed by atoms with Gasteiger partial charge < -0.3 is 19.5 Å². The highest BCUT2D eigenvalue weighted by Crippen LogP contribution is 2.20. The van der Waals surface area contributed by atoms with Crippen molar-refractivity contribution < 1.29 is 19.0 Å². The maximum Gasteiger partial charge on any atom is 0.323 e. The Labute approximate surface area is 116 Å². The first-order valence-corrected chi connectivity index (χ1v) is 7.25. The lowest BCUT2D eigenvalue weighted by atomic mass is 10.2. The van der Waals surface area contributed by atoms with Crippen LogP contribution in [0.2, 0.25) is 0 Å². The van der Waals surface area contributed by atoms with Crippen LogP contribution in [0.15, 0.2) is 0 Å². The van der Waals surface area contributed by atoms with E-state index < -0.39 is 0 Å². The maximum absolute atomic E-state index is 11.8. The average Bonchev–Trinajstić information content (AvgIpc) is 3.15. The summed E-state index contributed by atoms with van der Waals surface area (Å²) in [4.78, 5) is 11.8. The van der Waals surface area contributed by atoms with Gasteiger partial charge in [-0.05, 0) is 40.0 Å². The molecule has 0 saturated heterocycles. The lowest BCUT2D eigenvalue weighted by molar-refractivity contribution is -0.146. The summed E-state index contributed by atoms with van der Waals surface area (Å²) < 4.78 is 15.9. The molecule has 1 saturated carbocycles. The monoisotopic (exact) mass is 273 g/mol. The van der Waals surface area contributed by atoms with Crippen molar-refractivity contribution in [1.29, 1.82) is 0 Å². The summed E-state index contributed by atoms with van der Waals surface area (Å²) in [5, 5.41) is 3.30. The predicted octanol–water partition coefficient (Wildman–Crippen LogP) is 1.50. The highest BCUT2D eigenvalue weighted by atomic mass is 16.5. The second-order valence-electron chi connectivity index (χ2n) is 5.07. The largest absolute Gasteiger partial charge is 0.465 e. The van der Waals surface area contributed by atoms with Crippen LogP contribution in [0.4, 0.5) is 0 Å². The molecule has 1 aliphatic carbocycles. The van der Waals surface area contributed by atoms with Gasteiger partial charge in [-0.1, -0.05) is 0 Å². The van der Waals surface area contributed by atoms with Gasteiger partial charge in [0, 0.05) is 12.6 Å². The molecule has 0 heterocycles. The van der Waals surface area contributed by atoms with Crippen LogP contribution < -0.4 is 5.32 Å². The van der Waals surface area contributed by atoms with Crippen molar-refractivity contribution in [3.8, 4) is 0 Å². The van der Waals surface area contributed by atoms with Crippen molar-refractivity contribution in [2.75, 3.05) is 26.4 Å². The third-order valence-electron chi connectivity index (χ3n) is 2.82. The highest BCUT2D eigenvalue weighted by molar-refractivity contribution is 5.75. The zero-order valence-corrected chi connectivity index (χ0v) is 12.3. The number of nitrogens with one attached hydrogen (secondary N) is 1. The lowest BCUT2D eigenvalue weighted by Gasteiger charge is -2.17. The number of carbonyl (C=O) groups is 1. The third kappa shape index (κ3) is 8.18. The van der Waals surface area contributed by atoms with Crippen LogP contribution in [0.25, 0.3) is 0 Å². The van der Waals surface area contributed by atoms with Gasteiger partial charge in [-0.2, -0.15) is 0 Å². The molecule has 0 aliphatic heterocycles. The topological polar surface area (TPSA) is 56.8 Å². The molecule has 112 valence electrons. The van der Waals surface area contributed by atoms with E-state index in [-0.39, 0.29) is 18.1 Å². The minimum Gasteiger partial charge on any atom is -0.465 e. The zero-order chi connectivity index (χ0) is 14.1. The minimum absolute atomic E-state index is 0.170. The molecule has 0 aromatic rings. The molecule has 5 nitrogen and oxygen atoms in total. The Kier molecular flexibility index (Phi) is 8.02. The van der Waals surface area contributed by atoms with Crippen molar-refractivity contribution in [3.05, 3.63) is 0 Å². The summed E-state index contributed by atoms with van der Waals surface area (Å²) in [6.45, 7) is 7.95. The molecule has 0 radical (unpaired) electrons. The van der Waals surface area contributed by atoms with Crippen molar-refractivity contribution in [2.45, 2.75) is 58.2 Å². The Morgan fingerprint density at radius 3 is 2.58 bits per heavy atom. The van der Waals surface area contributed by atoms with Crippen molar-refractivity contribution in [1.82, 2.24) is 5.32 Å². The molecule has 0 amide bonds. The van der Waals surface area contributed by atoms with E-state index in [2.05, 4.69) is 5.32 Å². The molecule has 1 fully saturated rings. The Balaban J connectivity index is 2.11. The van der Waals surface area contributed by atoms with Gasteiger partial charge in [0.15, 0.2) is 0 Å². The smallest absolute Gasteiger partial charge is 0.323 e. The molecule has 0 aromatic heterocycles. The molecule has 1 atom stereocenters. The number of carbonyl (C=O) groups excluding carboxylic acids is 1. The number of rotatable bonds is 11. The summed E-state index contributed by atoms with van der Waals surface area (Å²) in [5.74, 6) is -0.170. The molecule has 1 unspecified atom stereocenters.